The molecule has 1 saturated heterocycles. The van der Waals surface area contributed by atoms with E-state index in [2.05, 4.69) is 25.2 Å². The van der Waals surface area contributed by atoms with E-state index in [0.717, 1.165) is 47.8 Å². The summed E-state index contributed by atoms with van der Waals surface area (Å²) in [6, 6.07) is 6.43. The fourth-order valence-corrected chi connectivity index (χ4v) is 6.68. The number of benzene rings is 1. The van der Waals surface area contributed by atoms with Gasteiger partial charge in [-0.3, -0.25) is 19.1 Å². The third-order valence-corrected chi connectivity index (χ3v) is 8.93. The Bertz CT molecular complexity index is 1940. The minimum absolute atomic E-state index is 0.0376. The van der Waals surface area contributed by atoms with E-state index < -0.39 is 22.0 Å². The summed E-state index contributed by atoms with van der Waals surface area (Å²) < 4.78 is 27.0. The van der Waals surface area contributed by atoms with Gasteiger partial charge >= 0.3 is 0 Å². The number of sulfonamides is 1. The maximum absolute atomic E-state index is 13.7. The summed E-state index contributed by atoms with van der Waals surface area (Å²) in [5, 5.41) is 3.80. The topological polar surface area (TPSA) is 152 Å². The highest BCUT2D eigenvalue weighted by atomic mass is 35.5. The summed E-state index contributed by atoms with van der Waals surface area (Å²) >= 11 is 6.04. The number of piperidine rings is 1. The second-order valence-electron chi connectivity index (χ2n) is 11.5. The minimum Gasteiger partial charge on any atom is -0.377 e. The number of carbonyl (C=O) groups excluding carboxylic acids is 1. The Kier molecular flexibility index (Phi) is 7.12. The van der Waals surface area contributed by atoms with E-state index in [1.54, 1.807) is 30.1 Å². The van der Waals surface area contributed by atoms with Crippen LogP contribution in [0.15, 0.2) is 41.5 Å². The van der Waals surface area contributed by atoms with Crippen LogP contribution >= 0.6 is 11.6 Å². The van der Waals surface area contributed by atoms with Crippen LogP contribution in [0.4, 0.5) is 11.5 Å². The highest BCUT2D eigenvalue weighted by molar-refractivity contribution is 7.89. The number of amides is 1. The van der Waals surface area contributed by atoms with Gasteiger partial charge in [0.2, 0.25) is 10.0 Å². The normalized spacial score (nSPS) is 20.1. The van der Waals surface area contributed by atoms with Gasteiger partial charge in [-0.05, 0) is 56.4 Å². The van der Waals surface area contributed by atoms with Crippen LogP contribution in [0.3, 0.4) is 0 Å². The number of hydrogen-bond acceptors (Lipinski definition) is 10. The van der Waals surface area contributed by atoms with Gasteiger partial charge < -0.3 is 10.2 Å². The van der Waals surface area contributed by atoms with E-state index in [9.17, 15) is 18.0 Å². The second-order valence-corrected chi connectivity index (χ2v) is 13.6. The van der Waals surface area contributed by atoms with Crippen LogP contribution in [-0.4, -0.2) is 58.2 Å². The lowest BCUT2D eigenvalue weighted by Gasteiger charge is -2.22. The van der Waals surface area contributed by atoms with Gasteiger partial charge in [-0.15, -0.1) is 0 Å². The van der Waals surface area contributed by atoms with Crippen LogP contribution in [0, 0.1) is 25.7 Å². The number of aryl methyl sites for hydroxylation is 2. The first-order valence-corrected chi connectivity index (χ1v) is 16.1. The van der Waals surface area contributed by atoms with Crippen molar-refractivity contribution in [2.24, 2.45) is 18.9 Å². The molecule has 6 rings (SSSR count). The fourth-order valence-electron chi connectivity index (χ4n) is 6.10. The molecule has 1 unspecified atom stereocenters. The number of halogens is 1. The maximum Gasteiger partial charge on any atom is 0.285 e. The van der Waals surface area contributed by atoms with Crippen LogP contribution in [0.2, 0.25) is 5.15 Å². The lowest BCUT2D eigenvalue weighted by Crippen LogP contribution is -2.31. The smallest absolute Gasteiger partial charge is 0.285 e. The molecule has 1 aromatic carbocycles. The van der Waals surface area contributed by atoms with Gasteiger partial charge in [0, 0.05) is 31.6 Å². The molecule has 12 nitrogen and oxygen atoms in total. The van der Waals surface area contributed by atoms with Crippen molar-refractivity contribution >= 4 is 49.9 Å². The molecular weight excluding hydrogens is 592 g/mol. The SMILES string of the molecule is Cc1cc([C@@H](C)Nc2ccc(Cl)nc2C(=O)NS(C)(=O)=O)c2nc(C3[C@H]4CN(c5cnc(C)cn5)C[C@@H]34)n(C)c(=O)c2c1. The first-order valence-electron chi connectivity index (χ1n) is 13.8. The number of nitrogens with one attached hydrogen (secondary N) is 2. The molecular formula is C29H31ClN8O4S. The van der Waals surface area contributed by atoms with Gasteiger partial charge in [0.1, 0.15) is 16.8 Å². The van der Waals surface area contributed by atoms with Gasteiger partial charge in [-0.1, -0.05) is 17.7 Å². The zero-order valence-electron chi connectivity index (χ0n) is 24.3. The number of pyridine rings is 1. The van der Waals surface area contributed by atoms with E-state index >= 15 is 0 Å². The molecule has 4 heterocycles. The lowest BCUT2D eigenvalue weighted by atomic mass is 10.0. The quantitative estimate of drug-likeness (QED) is 0.294. The molecule has 2 fully saturated rings. The van der Waals surface area contributed by atoms with Gasteiger partial charge in [-0.25, -0.2) is 28.1 Å². The van der Waals surface area contributed by atoms with Crippen molar-refractivity contribution in [2.45, 2.75) is 32.7 Å². The fraction of sp³-hybridized carbons (Fsp3) is 0.379. The molecule has 224 valence electrons. The second kappa shape index (κ2) is 10.6. The number of nitrogens with zero attached hydrogens (tertiary/aromatic N) is 6. The van der Waals surface area contributed by atoms with Gasteiger partial charge in [0.05, 0.1) is 47.0 Å². The van der Waals surface area contributed by atoms with Crippen LogP contribution in [-0.2, 0) is 17.1 Å². The van der Waals surface area contributed by atoms with E-state index in [-0.39, 0.29) is 28.0 Å². The summed E-state index contributed by atoms with van der Waals surface area (Å²) in [7, 11) is -2.05. The van der Waals surface area contributed by atoms with Gasteiger partial charge in [0.15, 0.2) is 5.69 Å². The van der Waals surface area contributed by atoms with Crippen LogP contribution < -0.4 is 20.5 Å². The summed E-state index contributed by atoms with van der Waals surface area (Å²) in [4.78, 5) is 46.7. The zero-order valence-corrected chi connectivity index (χ0v) is 25.9. The van der Waals surface area contributed by atoms with E-state index in [4.69, 9.17) is 16.6 Å². The predicted octanol–water partition coefficient (Wildman–Crippen LogP) is 3.10. The minimum atomic E-state index is -3.83. The van der Waals surface area contributed by atoms with Crippen molar-refractivity contribution in [3.63, 3.8) is 0 Å². The molecule has 3 aromatic heterocycles. The highest BCUT2D eigenvalue weighted by Gasteiger charge is 2.58. The van der Waals surface area contributed by atoms with Gasteiger partial charge in [-0.2, -0.15) is 0 Å². The first-order chi connectivity index (χ1) is 20.3. The summed E-state index contributed by atoms with van der Waals surface area (Å²) in [5.41, 5.74) is 3.10. The molecule has 14 heteroatoms. The Labute approximate surface area is 253 Å². The number of anilines is 2. The van der Waals surface area contributed by atoms with Crippen LogP contribution in [0.5, 0.6) is 0 Å². The number of fused-ring (bicyclic) bond motifs is 2. The molecule has 43 heavy (non-hydrogen) atoms. The molecule has 1 saturated carbocycles. The Morgan fingerprint density at radius 3 is 2.47 bits per heavy atom. The zero-order chi connectivity index (χ0) is 30.8. The first kappa shape index (κ1) is 29.0. The van der Waals surface area contributed by atoms with Crippen LogP contribution in [0.1, 0.15) is 52.0 Å². The summed E-state index contributed by atoms with van der Waals surface area (Å²) in [5.74, 6) is 1.57. The van der Waals surface area contributed by atoms with E-state index in [1.807, 2.05) is 37.6 Å². The van der Waals surface area contributed by atoms with Crippen molar-refractivity contribution in [1.82, 2.24) is 29.2 Å². The lowest BCUT2D eigenvalue weighted by molar-refractivity contribution is 0.0977. The largest absolute Gasteiger partial charge is 0.377 e. The predicted molar refractivity (Wildman–Crippen MR) is 164 cm³/mol. The van der Waals surface area contributed by atoms with Gasteiger partial charge in [0.25, 0.3) is 11.5 Å². The van der Waals surface area contributed by atoms with E-state index in [1.165, 1.54) is 6.07 Å². The summed E-state index contributed by atoms with van der Waals surface area (Å²) in [6.07, 6.45) is 4.45. The molecule has 0 bridgehead atoms. The standard InChI is InChI=1S/C29H31ClN8O4S/c1-14-8-17(16(3)33-21-6-7-22(30)34-26(21)28(39)36-43(5,41)42)25-18(9-14)29(40)37(4)27(35-25)24-19-12-38(13-20(19)24)23-11-31-15(2)10-32-23/h6-11,16,19-20,24,33H,12-13H2,1-5H3,(H,36,39)/t16-,19-,20+,24?/m1/s1. The van der Waals surface area contributed by atoms with Crippen LogP contribution in [0.25, 0.3) is 10.9 Å². The molecule has 2 N–H and O–H groups in total. The molecule has 4 atom stereocenters. The number of aromatic nitrogens is 5. The van der Waals surface area contributed by atoms with Crippen molar-refractivity contribution < 1.29 is 13.2 Å². The average Bonchev–Trinajstić information content (AvgIpc) is 3.41. The summed E-state index contributed by atoms with van der Waals surface area (Å²) in [6.45, 7) is 7.34. The average molecular weight is 623 g/mol. The third kappa shape index (κ3) is 5.54. The number of carbonyl (C=O) groups is 1. The molecule has 1 amide bonds. The Balaban J connectivity index is 1.32. The third-order valence-electron chi connectivity index (χ3n) is 8.17. The number of hydrogen-bond donors (Lipinski definition) is 2. The molecule has 2 aliphatic rings. The van der Waals surface area contributed by atoms with E-state index in [0.29, 0.717) is 22.7 Å². The Hall–Kier alpha value is -4.10. The molecule has 0 spiro atoms. The Morgan fingerprint density at radius 2 is 1.81 bits per heavy atom. The Morgan fingerprint density at radius 1 is 1.09 bits per heavy atom. The molecule has 0 radical (unpaired) electrons. The highest BCUT2D eigenvalue weighted by Crippen LogP contribution is 2.58. The van der Waals surface area contributed by atoms with Crippen molar-refractivity contribution in [3.05, 3.63) is 80.5 Å². The molecule has 1 aliphatic heterocycles. The number of rotatable bonds is 7. The van der Waals surface area contributed by atoms with Crippen molar-refractivity contribution in [2.75, 3.05) is 29.6 Å². The maximum atomic E-state index is 13.7. The van der Waals surface area contributed by atoms with Crippen molar-refractivity contribution in [3.8, 4) is 0 Å². The molecule has 4 aromatic rings. The van der Waals surface area contributed by atoms with Crippen molar-refractivity contribution in [1.29, 1.82) is 0 Å². The monoisotopic (exact) mass is 622 g/mol. The molecule has 1 aliphatic carbocycles.